The number of aliphatic carboxylic acids is 1. The largest absolute Gasteiger partial charge is 0.481 e. The lowest BCUT2D eigenvalue weighted by molar-refractivity contribution is -0.141. The van der Waals surface area contributed by atoms with Crippen LogP contribution in [0.25, 0.3) is 0 Å². The average molecular weight is 301 g/mol. The fourth-order valence-electron chi connectivity index (χ4n) is 1.71. The summed E-state index contributed by atoms with van der Waals surface area (Å²) in [5, 5.41) is 9.28. The molecule has 118 valence electrons. The van der Waals surface area contributed by atoms with E-state index in [1.54, 1.807) is 0 Å². The number of carboxylic acid groups (broad SMARTS) is 1. The molecular formula is C16H32O3Si. The van der Waals surface area contributed by atoms with Gasteiger partial charge in [0.2, 0.25) is 0 Å². The second-order valence-corrected chi connectivity index (χ2v) is 11.9. The Morgan fingerprint density at radius 2 is 1.90 bits per heavy atom. The first kappa shape index (κ1) is 19.4. The van der Waals surface area contributed by atoms with Gasteiger partial charge in [-0.3, -0.25) is 4.79 Å². The van der Waals surface area contributed by atoms with E-state index in [2.05, 4.69) is 39.9 Å². The maximum Gasteiger partial charge on any atom is 0.306 e. The Kier molecular flexibility index (Phi) is 7.74. The van der Waals surface area contributed by atoms with Crippen LogP contribution in [-0.4, -0.2) is 26.0 Å². The highest BCUT2D eigenvalue weighted by Gasteiger charge is 2.36. The number of carboxylic acids is 1. The van der Waals surface area contributed by atoms with E-state index in [1.165, 1.54) is 0 Å². The highest BCUT2D eigenvalue weighted by molar-refractivity contribution is 6.74. The lowest BCUT2D eigenvalue weighted by Crippen LogP contribution is -2.40. The number of hydrogen-bond acceptors (Lipinski definition) is 2. The molecule has 0 fully saturated rings. The maximum atomic E-state index is 11.0. The molecule has 0 spiro atoms. The molecule has 4 heteroatoms. The van der Waals surface area contributed by atoms with Gasteiger partial charge in [-0.1, -0.05) is 39.3 Å². The third kappa shape index (κ3) is 6.71. The van der Waals surface area contributed by atoms with Crippen molar-refractivity contribution in [3.05, 3.63) is 11.6 Å². The first-order chi connectivity index (χ1) is 9.01. The van der Waals surface area contributed by atoms with Crippen LogP contribution in [0.15, 0.2) is 11.6 Å². The molecule has 0 amide bonds. The van der Waals surface area contributed by atoms with E-state index in [4.69, 9.17) is 9.53 Å². The van der Waals surface area contributed by atoms with E-state index in [0.717, 1.165) is 18.6 Å². The van der Waals surface area contributed by atoms with Gasteiger partial charge in [-0.05, 0) is 44.3 Å². The van der Waals surface area contributed by atoms with Gasteiger partial charge in [0.05, 0.1) is 5.92 Å². The summed E-state index contributed by atoms with van der Waals surface area (Å²) < 4.78 is 6.10. The summed E-state index contributed by atoms with van der Waals surface area (Å²) in [6.07, 6.45) is 4.32. The third-order valence-corrected chi connectivity index (χ3v) is 8.83. The standard InChI is InChI=1S/C16H32O3Si/c1-8-14(15(17)18)12-13(2)10-9-11-19-20(6,7)16(3,4)5/h10,14H,8-9,11-12H2,1-7H3,(H,17,18). The quantitative estimate of drug-likeness (QED) is 0.396. The Hall–Kier alpha value is -0.613. The third-order valence-electron chi connectivity index (χ3n) is 4.29. The molecule has 1 N–H and O–H groups in total. The zero-order valence-electron chi connectivity index (χ0n) is 14.2. The molecule has 3 nitrogen and oxygen atoms in total. The second-order valence-electron chi connectivity index (χ2n) is 7.10. The highest BCUT2D eigenvalue weighted by Crippen LogP contribution is 2.36. The molecule has 0 heterocycles. The lowest BCUT2D eigenvalue weighted by Gasteiger charge is -2.36. The normalized spacial score (nSPS) is 15.2. The van der Waals surface area contributed by atoms with E-state index in [0.29, 0.717) is 12.8 Å². The van der Waals surface area contributed by atoms with Crippen molar-refractivity contribution in [1.82, 2.24) is 0 Å². The number of rotatable bonds is 8. The summed E-state index contributed by atoms with van der Waals surface area (Å²) in [5.41, 5.74) is 1.15. The Labute approximate surface area is 125 Å². The number of carbonyl (C=O) groups is 1. The molecule has 0 aromatic rings. The van der Waals surface area contributed by atoms with E-state index in [1.807, 2.05) is 13.8 Å². The van der Waals surface area contributed by atoms with Crippen molar-refractivity contribution in [2.75, 3.05) is 6.61 Å². The van der Waals surface area contributed by atoms with Crippen LogP contribution in [0.2, 0.25) is 18.1 Å². The Bertz CT molecular complexity index is 340. The number of hydrogen-bond donors (Lipinski definition) is 1. The molecule has 0 radical (unpaired) electrons. The summed E-state index contributed by atoms with van der Waals surface area (Å²) >= 11 is 0. The van der Waals surface area contributed by atoms with Crippen molar-refractivity contribution in [3.8, 4) is 0 Å². The molecule has 0 bridgehead atoms. The molecular weight excluding hydrogens is 268 g/mol. The Morgan fingerprint density at radius 3 is 2.30 bits per heavy atom. The maximum absolute atomic E-state index is 11.0. The van der Waals surface area contributed by atoms with Crippen molar-refractivity contribution in [3.63, 3.8) is 0 Å². The fourth-order valence-corrected chi connectivity index (χ4v) is 2.78. The molecule has 0 saturated heterocycles. The van der Waals surface area contributed by atoms with Crippen LogP contribution in [0.1, 0.15) is 53.9 Å². The predicted molar refractivity (Wildman–Crippen MR) is 87.6 cm³/mol. The van der Waals surface area contributed by atoms with Gasteiger partial charge in [0, 0.05) is 6.61 Å². The van der Waals surface area contributed by atoms with Crippen LogP contribution < -0.4 is 0 Å². The van der Waals surface area contributed by atoms with Crippen LogP contribution in [0.4, 0.5) is 0 Å². The molecule has 0 rings (SSSR count). The van der Waals surface area contributed by atoms with Gasteiger partial charge in [0.1, 0.15) is 0 Å². The van der Waals surface area contributed by atoms with E-state index in [-0.39, 0.29) is 11.0 Å². The van der Waals surface area contributed by atoms with Crippen molar-refractivity contribution >= 4 is 14.3 Å². The molecule has 1 unspecified atom stereocenters. The molecule has 0 saturated carbocycles. The molecule has 20 heavy (non-hydrogen) atoms. The summed E-state index contributed by atoms with van der Waals surface area (Å²) in [4.78, 5) is 11.0. The molecule has 0 aromatic heterocycles. The van der Waals surface area contributed by atoms with Gasteiger partial charge in [0.25, 0.3) is 0 Å². The molecule has 0 aromatic carbocycles. The van der Waals surface area contributed by atoms with Crippen LogP contribution in [0, 0.1) is 5.92 Å². The van der Waals surface area contributed by atoms with Crippen LogP contribution in [-0.2, 0) is 9.22 Å². The molecule has 0 aliphatic heterocycles. The Morgan fingerprint density at radius 1 is 1.35 bits per heavy atom. The first-order valence-corrected chi connectivity index (χ1v) is 10.4. The summed E-state index contributed by atoms with van der Waals surface area (Å²) in [7, 11) is -1.66. The Balaban J connectivity index is 4.22. The van der Waals surface area contributed by atoms with Gasteiger partial charge in [-0.15, -0.1) is 0 Å². The monoisotopic (exact) mass is 300 g/mol. The molecule has 1 atom stereocenters. The smallest absolute Gasteiger partial charge is 0.306 e. The van der Waals surface area contributed by atoms with Gasteiger partial charge in [0.15, 0.2) is 8.32 Å². The first-order valence-electron chi connectivity index (χ1n) is 7.53. The average Bonchev–Trinajstić information content (AvgIpc) is 2.29. The minimum absolute atomic E-state index is 0.238. The SMILES string of the molecule is CCC(CC(C)=CCCO[Si](C)(C)C(C)(C)C)C(=O)O. The van der Waals surface area contributed by atoms with Crippen molar-refractivity contribution in [2.24, 2.45) is 5.92 Å². The second kappa shape index (κ2) is 7.98. The van der Waals surface area contributed by atoms with Crippen LogP contribution in [0.3, 0.4) is 0 Å². The van der Waals surface area contributed by atoms with Crippen molar-refractivity contribution < 1.29 is 14.3 Å². The molecule has 0 aliphatic carbocycles. The summed E-state index contributed by atoms with van der Waals surface area (Å²) in [5.74, 6) is -0.953. The van der Waals surface area contributed by atoms with Gasteiger partial charge in [-0.2, -0.15) is 0 Å². The van der Waals surface area contributed by atoms with E-state index in [9.17, 15) is 4.79 Å². The van der Waals surface area contributed by atoms with Crippen molar-refractivity contribution in [1.29, 1.82) is 0 Å². The van der Waals surface area contributed by atoms with E-state index >= 15 is 0 Å². The minimum atomic E-state index is -1.66. The predicted octanol–water partition coefficient (Wildman–Crippen LogP) is 4.85. The minimum Gasteiger partial charge on any atom is -0.481 e. The number of allylic oxidation sites excluding steroid dienone is 1. The van der Waals surface area contributed by atoms with Crippen LogP contribution >= 0.6 is 0 Å². The van der Waals surface area contributed by atoms with Gasteiger partial charge in [-0.25, -0.2) is 0 Å². The topological polar surface area (TPSA) is 46.5 Å². The zero-order chi connectivity index (χ0) is 16.0. The lowest BCUT2D eigenvalue weighted by atomic mass is 9.97. The van der Waals surface area contributed by atoms with Gasteiger partial charge < -0.3 is 9.53 Å². The fraction of sp³-hybridized carbons (Fsp3) is 0.812. The van der Waals surface area contributed by atoms with E-state index < -0.39 is 14.3 Å². The van der Waals surface area contributed by atoms with Gasteiger partial charge >= 0.3 is 5.97 Å². The summed E-state index contributed by atoms with van der Waals surface area (Å²) in [6.45, 7) is 15.9. The highest BCUT2D eigenvalue weighted by atomic mass is 28.4. The summed E-state index contributed by atoms with van der Waals surface area (Å²) in [6, 6.07) is 0. The molecule has 0 aliphatic rings. The van der Waals surface area contributed by atoms with Crippen LogP contribution in [0.5, 0.6) is 0 Å². The zero-order valence-corrected chi connectivity index (χ0v) is 15.2. The van der Waals surface area contributed by atoms with Crippen molar-refractivity contribution in [2.45, 2.75) is 72.0 Å².